The van der Waals surface area contributed by atoms with Crippen molar-refractivity contribution in [1.29, 1.82) is 0 Å². The zero-order valence-corrected chi connectivity index (χ0v) is 7.62. The Hall–Kier alpha value is -0.990. The van der Waals surface area contributed by atoms with E-state index in [4.69, 9.17) is 5.73 Å². The molecular weight excluding hydrogens is 150 g/mol. The Morgan fingerprint density at radius 2 is 2.25 bits per heavy atom. The van der Waals surface area contributed by atoms with Crippen molar-refractivity contribution < 1.29 is 0 Å². The maximum Gasteiger partial charge on any atom is 0.200 e. The molecular formula is C9H15N3. The molecule has 2 N–H and O–H groups in total. The number of hydrogen-bond donors (Lipinski definition) is 1. The van der Waals surface area contributed by atoms with Gasteiger partial charge in [-0.2, -0.15) is 0 Å². The highest BCUT2D eigenvalue weighted by Crippen LogP contribution is 2.37. The van der Waals surface area contributed by atoms with Crippen LogP contribution in [0.2, 0.25) is 0 Å². The summed E-state index contributed by atoms with van der Waals surface area (Å²) in [5.41, 5.74) is 6.88. The van der Waals surface area contributed by atoms with Gasteiger partial charge in [-0.3, -0.25) is 0 Å². The normalized spacial score (nSPS) is 17.2. The van der Waals surface area contributed by atoms with Crippen LogP contribution in [0.4, 0.5) is 5.95 Å². The van der Waals surface area contributed by atoms with Crippen LogP contribution in [0.1, 0.15) is 44.3 Å². The van der Waals surface area contributed by atoms with Crippen LogP contribution in [0.5, 0.6) is 0 Å². The second-order valence-corrected chi connectivity index (χ2v) is 3.82. The Kier molecular flexibility index (Phi) is 1.60. The molecule has 0 bridgehead atoms. The summed E-state index contributed by atoms with van der Waals surface area (Å²) >= 11 is 0. The van der Waals surface area contributed by atoms with Gasteiger partial charge in [-0.25, -0.2) is 4.98 Å². The third-order valence-electron chi connectivity index (χ3n) is 2.31. The number of aromatic nitrogens is 2. The summed E-state index contributed by atoms with van der Waals surface area (Å²) in [6.45, 7) is 4.28. The van der Waals surface area contributed by atoms with Crippen molar-refractivity contribution in [2.75, 3.05) is 5.73 Å². The van der Waals surface area contributed by atoms with E-state index < -0.39 is 0 Å². The van der Waals surface area contributed by atoms with Crippen molar-refractivity contribution in [1.82, 2.24) is 9.55 Å². The van der Waals surface area contributed by atoms with E-state index in [1.54, 1.807) is 0 Å². The van der Waals surface area contributed by atoms with Gasteiger partial charge < -0.3 is 10.3 Å². The second kappa shape index (κ2) is 2.51. The van der Waals surface area contributed by atoms with Gasteiger partial charge in [0.2, 0.25) is 5.95 Å². The number of imidazole rings is 1. The first-order chi connectivity index (χ1) is 5.68. The van der Waals surface area contributed by atoms with Crippen molar-refractivity contribution in [3.8, 4) is 0 Å². The van der Waals surface area contributed by atoms with Crippen LogP contribution in [0.3, 0.4) is 0 Å². The molecule has 0 aromatic carbocycles. The fraction of sp³-hybridized carbons (Fsp3) is 0.667. The maximum atomic E-state index is 5.77. The summed E-state index contributed by atoms with van der Waals surface area (Å²) in [5.74, 6) is 1.16. The SMILES string of the molecule is CC(C)c1cn(C2CC2)c(N)n1. The van der Waals surface area contributed by atoms with Crippen LogP contribution in [-0.4, -0.2) is 9.55 Å². The molecule has 1 aromatic heterocycles. The average molecular weight is 165 g/mol. The smallest absolute Gasteiger partial charge is 0.200 e. The van der Waals surface area contributed by atoms with Gasteiger partial charge in [-0.15, -0.1) is 0 Å². The molecule has 2 rings (SSSR count). The fourth-order valence-electron chi connectivity index (χ4n) is 1.35. The predicted octanol–water partition coefficient (Wildman–Crippen LogP) is 1.92. The van der Waals surface area contributed by atoms with Gasteiger partial charge in [0.25, 0.3) is 0 Å². The van der Waals surface area contributed by atoms with Crippen LogP contribution in [0.25, 0.3) is 0 Å². The number of nitrogens with zero attached hydrogens (tertiary/aromatic N) is 2. The summed E-state index contributed by atoms with van der Waals surface area (Å²) in [6.07, 6.45) is 4.62. The molecule has 3 heteroatoms. The molecule has 0 amide bonds. The Bertz CT molecular complexity index is 284. The second-order valence-electron chi connectivity index (χ2n) is 3.82. The van der Waals surface area contributed by atoms with E-state index in [1.807, 2.05) is 0 Å². The molecule has 0 aliphatic heterocycles. The third-order valence-corrected chi connectivity index (χ3v) is 2.31. The standard InChI is InChI=1S/C9H15N3/c1-6(2)8-5-12(7-3-4-7)9(10)11-8/h5-7H,3-4H2,1-2H3,(H2,10,11). The molecule has 0 atom stereocenters. The van der Waals surface area contributed by atoms with E-state index in [9.17, 15) is 0 Å². The van der Waals surface area contributed by atoms with Gasteiger partial charge >= 0.3 is 0 Å². The Balaban J connectivity index is 2.30. The zero-order valence-electron chi connectivity index (χ0n) is 7.62. The predicted molar refractivity (Wildman–Crippen MR) is 49.0 cm³/mol. The number of nitrogen functional groups attached to an aromatic ring is 1. The van der Waals surface area contributed by atoms with E-state index in [-0.39, 0.29) is 0 Å². The van der Waals surface area contributed by atoms with Gasteiger partial charge in [-0.1, -0.05) is 13.8 Å². The van der Waals surface area contributed by atoms with Gasteiger partial charge in [0.05, 0.1) is 5.69 Å². The lowest BCUT2D eigenvalue weighted by Gasteiger charge is -1.98. The van der Waals surface area contributed by atoms with Gasteiger partial charge in [-0.05, 0) is 18.8 Å². The van der Waals surface area contributed by atoms with E-state index in [0.717, 1.165) is 5.69 Å². The molecule has 0 unspecified atom stereocenters. The number of anilines is 1. The Morgan fingerprint density at radius 3 is 2.67 bits per heavy atom. The van der Waals surface area contributed by atoms with Crippen molar-refractivity contribution in [3.05, 3.63) is 11.9 Å². The number of rotatable bonds is 2. The molecule has 1 saturated carbocycles. The molecule has 3 nitrogen and oxygen atoms in total. The molecule has 1 aromatic rings. The number of hydrogen-bond acceptors (Lipinski definition) is 2. The molecule has 0 spiro atoms. The van der Waals surface area contributed by atoms with Crippen molar-refractivity contribution in [2.45, 2.75) is 38.6 Å². The highest BCUT2D eigenvalue weighted by Gasteiger charge is 2.25. The zero-order chi connectivity index (χ0) is 8.72. The minimum absolute atomic E-state index is 0.479. The molecule has 66 valence electrons. The molecule has 1 aliphatic carbocycles. The highest BCUT2D eigenvalue weighted by molar-refractivity contribution is 5.25. The molecule has 0 radical (unpaired) electrons. The summed E-state index contributed by atoms with van der Waals surface area (Å²) in [6, 6.07) is 0.644. The van der Waals surface area contributed by atoms with Crippen LogP contribution in [0, 0.1) is 0 Å². The lowest BCUT2D eigenvalue weighted by molar-refractivity contribution is 0.747. The lowest BCUT2D eigenvalue weighted by atomic mass is 10.2. The minimum Gasteiger partial charge on any atom is -0.369 e. The van der Waals surface area contributed by atoms with Crippen molar-refractivity contribution in [3.63, 3.8) is 0 Å². The number of nitrogens with two attached hydrogens (primary N) is 1. The van der Waals surface area contributed by atoms with Gasteiger partial charge in [0.15, 0.2) is 0 Å². The van der Waals surface area contributed by atoms with Crippen LogP contribution in [-0.2, 0) is 0 Å². The largest absolute Gasteiger partial charge is 0.369 e. The lowest BCUT2D eigenvalue weighted by Crippen LogP contribution is -1.98. The fourth-order valence-corrected chi connectivity index (χ4v) is 1.35. The molecule has 1 heterocycles. The van der Waals surface area contributed by atoms with E-state index in [1.165, 1.54) is 12.8 Å². The van der Waals surface area contributed by atoms with Crippen LogP contribution >= 0.6 is 0 Å². The minimum atomic E-state index is 0.479. The van der Waals surface area contributed by atoms with E-state index >= 15 is 0 Å². The van der Waals surface area contributed by atoms with Gasteiger partial charge in [0, 0.05) is 12.2 Å². The first-order valence-corrected chi connectivity index (χ1v) is 4.52. The first kappa shape index (κ1) is 7.65. The highest BCUT2D eigenvalue weighted by atomic mass is 15.2. The summed E-state index contributed by atoms with van der Waals surface area (Å²) in [7, 11) is 0. The van der Waals surface area contributed by atoms with Crippen molar-refractivity contribution >= 4 is 5.95 Å². The molecule has 0 saturated heterocycles. The van der Waals surface area contributed by atoms with E-state index in [0.29, 0.717) is 17.9 Å². The van der Waals surface area contributed by atoms with Crippen LogP contribution < -0.4 is 5.73 Å². The average Bonchev–Trinajstić information content (AvgIpc) is 2.75. The Morgan fingerprint density at radius 1 is 1.58 bits per heavy atom. The summed E-state index contributed by atoms with van der Waals surface area (Å²) in [4.78, 5) is 4.31. The van der Waals surface area contributed by atoms with Crippen molar-refractivity contribution in [2.24, 2.45) is 0 Å². The van der Waals surface area contributed by atoms with Crippen LogP contribution in [0.15, 0.2) is 6.20 Å². The Labute approximate surface area is 72.6 Å². The summed E-state index contributed by atoms with van der Waals surface area (Å²) < 4.78 is 2.11. The third kappa shape index (κ3) is 1.19. The topological polar surface area (TPSA) is 43.8 Å². The first-order valence-electron chi connectivity index (χ1n) is 4.52. The quantitative estimate of drug-likeness (QED) is 0.727. The monoisotopic (exact) mass is 165 g/mol. The van der Waals surface area contributed by atoms with E-state index in [2.05, 4.69) is 29.6 Å². The molecule has 12 heavy (non-hydrogen) atoms. The maximum absolute atomic E-state index is 5.77. The van der Waals surface area contributed by atoms with Gasteiger partial charge in [0.1, 0.15) is 0 Å². The molecule has 1 aliphatic rings. The molecule has 1 fully saturated rings. The summed E-state index contributed by atoms with van der Waals surface area (Å²) in [5, 5.41) is 0.